The quantitative estimate of drug-likeness (QED) is 0.814. The maximum absolute atomic E-state index is 13.7. The fraction of sp³-hybridized carbons (Fsp3) is 0.667. The SMILES string of the molecule is O=C(N[C@@H]1CCC[C@H](Nc2nc(Cl)ncc2F)C1)N1CCC(F)C1. The number of nitrogens with zero attached hydrogens (tertiary/aromatic N) is 3. The number of carbonyl (C=O) groups is 1. The van der Waals surface area contributed by atoms with Gasteiger partial charge < -0.3 is 15.5 Å². The number of likely N-dealkylation sites (tertiary alicyclic amines) is 1. The zero-order valence-electron chi connectivity index (χ0n) is 13.1. The topological polar surface area (TPSA) is 70.1 Å². The predicted molar refractivity (Wildman–Crippen MR) is 86.3 cm³/mol. The number of amides is 2. The van der Waals surface area contributed by atoms with Gasteiger partial charge in [0.2, 0.25) is 5.28 Å². The van der Waals surface area contributed by atoms with Crippen LogP contribution in [0.25, 0.3) is 0 Å². The van der Waals surface area contributed by atoms with Crippen LogP contribution in [0.2, 0.25) is 5.28 Å². The molecule has 0 aromatic carbocycles. The van der Waals surface area contributed by atoms with Gasteiger partial charge in [0, 0.05) is 18.6 Å². The molecule has 2 fully saturated rings. The van der Waals surface area contributed by atoms with Crippen molar-refractivity contribution in [1.82, 2.24) is 20.2 Å². The Morgan fingerprint density at radius 2 is 2.12 bits per heavy atom. The van der Waals surface area contributed by atoms with Gasteiger partial charge in [-0.05, 0) is 43.7 Å². The van der Waals surface area contributed by atoms with Gasteiger partial charge in [0.05, 0.1) is 12.7 Å². The van der Waals surface area contributed by atoms with Crippen LogP contribution in [0.3, 0.4) is 0 Å². The Kier molecular flexibility index (Phi) is 5.33. The number of halogens is 3. The molecule has 1 aliphatic heterocycles. The fourth-order valence-electron chi connectivity index (χ4n) is 3.26. The van der Waals surface area contributed by atoms with Crippen molar-refractivity contribution in [3.05, 3.63) is 17.3 Å². The maximum atomic E-state index is 13.7. The molecule has 2 N–H and O–H groups in total. The van der Waals surface area contributed by atoms with E-state index in [9.17, 15) is 13.6 Å². The van der Waals surface area contributed by atoms with Crippen molar-refractivity contribution in [3.63, 3.8) is 0 Å². The smallest absolute Gasteiger partial charge is 0.317 e. The summed E-state index contributed by atoms with van der Waals surface area (Å²) in [5.74, 6) is -0.483. The summed E-state index contributed by atoms with van der Waals surface area (Å²) in [6.07, 6.45) is 3.75. The minimum Gasteiger partial charge on any atom is -0.365 e. The van der Waals surface area contributed by atoms with Crippen molar-refractivity contribution in [2.75, 3.05) is 18.4 Å². The van der Waals surface area contributed by atoms with Crippen LogP contribution >= 0.6 is 11.6 Å². The van der Waals surface area contributed by atoms with Crippen LogP contribution in [0.15, 0.2) is 6.20 Å². The molecular weight excluding hydrogens is 340 g/mol. The summed E-state index contributed by atoms with van der Waals surface area (Å²) in [6.45, 7) is 0.608. The lowest BCUT2D eigenvalue weighted by atomic mass is 9.91. The summed E-state index contributed by atoms with van der Waals surface area (Å²) < 4.78 is 26.9. The zero-order chi connectivity index (χ0) is 17.1. The Morgan fingerprint density at radius 1 is 1.33 bits per heavy atom. The van der Waals surface area contributed by atoms with Gasteiger partial charge in [-0.3, -0.25) is 0 Å². The molecule has 2 amide bonds. The number of nitrogens with one attached hydrogen (secondary N) is 2. The predicted octanol–water partition coefficient (Wildman–Crippen LogP) is 2.75. The number of rotatable bonds is 3. The van der Waals surface area contributed by atoms with Gasteiger partial charge in [-0.2, -0.15) is 4.98 Å². The van der Waals surface area contributed by atoms with Crippen LogP contribution in [-0.2, 0) is 0 Å². The first kappa shape index (κ1) is 17.1. The van der Waals surface area contributed by atoms with Crippen LogP contribution in [-0.4, -0.2) is 52.2 Å². The number of aromatic nitrogens is 2. The number of hydrogen-bond donors (Lipinski definition) is 2. The molecule has 1 aromatic heterocycles. The largest absolute Gasteiger partial charge is 0.365 e. The second kappa shape index (κ2) is 7.46. The van der Waals surface area contributed by atoms with Crippen molar-refractivity contribution in [1.29, 1.82) is 0 Å². The van der Waals surface area contributed by atoms with E-state index >= 15 is 0 Å². The number of alkyl halides is 1. The molecule has 9 heteroatoms. The Balaban J connectivity index is 1.54. The Bertz CT molecular complexity index is 605. The molecule has 2 heterocycles. The molecule has 3 rings (SSSR count). The van der Waals surface area contributed by atoms with Crippen LogP contribution in [0.5, 0.6) is 0 Å². The number of carbonyl (C=O) groups excluding carboxylic acids is 1. The van der Waals surface area contributed by atoms with Crippen molar-refractivity contribution in [2.45, 2.75) is 50.4 Å². The van der Waals surface area contributed by atoms with E-state index in [1.165, 1.54) is 4.90 Å². The van der Waals surface area contributed by atoms with E-state index in [2.05, 4.69) is 20.6 Å². The average molecular weight is 360 g/mol. The summed E-state index contributed by atoms with van der Waals surface area (Å²) in [5, 5.41) is 5.97. The van der Waals surface area contributed by atoms with Crippen molar-refractivity contribution in [3.8, 4) is 0 Å². The third kappa shape index (κ3) is 4.23. The van der Waals surface area contributed by atoms with Gasteiger partial charge in [-0.15, -0.1) is 0 Å². The fourth-order valence-corrected chi connectivity index (χ4v) is 3.39. The van der Waals surface area contributed by atoms with Crippen LogP contribution in [0, 0.1) is 5.82 Å². The maximum Gasteiger partial charge on any atom is 0.317 e. The van der Waals surface area contributed by atoms with E-state index in [1.807, 2.05) is 0 Å². The molecule has 1 aliphatic carbocycles. The second-order valence-corrected chi connectivity index (χ2v) is 6.66. The van der Waals surface area contributed by atoms with Gasteiger partial charge in [0.15, 0.2) is 11.6 Å². The molecule has 2 aliphatic rings. The summed E-state index contributed by atoms with van der Waals surface area (Å²) in [7, 11) is 0. The van der Waals surface area contributed by atoms with Gasteiger partial charge in [0.1, 0.15) is 6.17 Å². The van der Waals surface area contributed by atoms with Gasteiger partial charge >= 0.3 is 6.03 Å². The van der Waals surface area contributed by atoms with Gasteiger partial charge in [0.25, 0.3) is 0 Å². The first-order valence-corrected chi connectivity index (χ1v) is 8.53. The van der Waals surface area contributed by atoms with Crippen molar-refractivity contribution < 1.29 is 13.6 Å². The van der Waals surface area contributed by atoms with E-state index < -0.39 is 12.0 Å². The van der Waals surface area contributed by atoms with E-state index in [0.29, 0.717) is 19.4 Å². The van der Waals surface area contributed by atoms with Gasteiger partial charge in [-0.25, -0.2) is 18.6 Å². The van der Waals surface area contributed by atoms with E-state index in [0.717, 1.165) is 25.5 Å². The third-order valence-corrected chi connectivity index (χ3v) is 4.66. The molecule has 0 radical (unpaired) electrons. The third-order valence-electron chi connectivity index (χ3n) is 4.48. The molecule has 1 aromatic rings. The van der Waals surface area contributed by atoms with Crippen LogP contribution < -0.4 is 10.6 Å². The standard InChI is InChI=1S/C15H20ClF2N5O/c16-14-19-7-12(18)13(22-14)20-10-2-1-3-11(6-10)21-15(24)23-5-4-9(17)8-23/h7,9-11H,1-6,8H2,(H,21,24)(H,19,20,22)/t9?,10-,11+/m0/s1. The molecule has 132 valence electrons. The van der Waals surface area contributed by atoms with E-state index in [1.54, 1.807) is 0 Å². The summed E-state index contributed by atoms with van der Waals surface area (Å²) in [4.78, 5) is 21.1. The molecule has 0 spiro atoms. The van der Waals surface area contributed by atoms with Crippen LogP contribution in [0.4, 0.5) is 19.4 Å². The van der Waals surface area contributed by atoms with E-state index in [-0.39, 0.29) is 35.8 Å². The summed E-state index contributed by atoms with van der Waals surface area (Å²) >= 11 is 5.69. The summed E-state index contributed by atoms with van der Waals surface area (Å²) in [6, 6.07) is -0.267. The minimum absolute atomic E-state index is 0.0166. The lowest BCUT2D eigenvalue weighted by Gasteiger charge is -2.31. The lowest BCUT2D eigenvalue weighted by molar-refractivity contribution is 0.195. The highest BCUT2D eigenvalue weighted by atomic mass is 35.5. The van der Waals surface area contributed by atoms with Crippen molar-refractivity contribution in [2.24, 2.45) is 0 Å². The highest BCUT2D eigenvalue weighted by Crippen LogP contribution is 2.23. The second-order valence-electron chi connectivity index (χ2n) is 6.32. The Morgan fingerprint density at radius 3 is 2.88 bits per heavy atom. The first-order chi connectivity index (χ1) is 11.5. The molecule has 1 saturated heterocycles. The normalized spacial score (nSPS) is 27.1. The molecule has 1 unspecified atom stereocenters. The molecule has 0 bridgehead atoms. The Labute approximate surface area is 144 Å². The van der Waals surface area contributed by atoms with Crippen LogP contribution in [0.1, 0.15) is 32.1 Å². The molecule has 6 nitrogen and oxygen atoms in total. The highest BCUT2D eigenvalue weighted by molar-refractivity contribution is 6.28. The van der Waals surface area contributed by atoms with Gasteiger partial charge in [-0.1, -0.05) is 0 Å². The molecular formula is C15H20ClF2N5O. The lowest BCUT2D eigenvalue weighted by Crippen LogP contribution is -2.47. The van der Waals surface area contributed by atoms with Crippen molar-refractivity contribution >= 4 is 23.4 Å². The monoisotopic (exact) mass is 359 g/mol. The number of hydrogen-bond acceptors (Lipinski definition) is 4. The molecule has 1 saturated carbocycles. The number of urea groups is 1. The summed E-state index contributed by atoms with van der Waals surface area (Å²) in [5.41, 5.74) is 0. The molecule has 3 atom stereocenters. The first-order valence-electron chi connectivity index (χ1n) is 8.15. The Hall–Kier alpha value is -1.70. The number of anilines is 1. The zero-order valence-corrected chi connectivity index (χ0v) is 13.9. The average Bonchev–Trinajstić information content (AvgIpc) is 2.98. The molecule has 24 heavy (non-hydrogen) atoms. The minimum atomic E-state index is -0.929. The van der Waals surface area contributed by atoms with E-state index in [4.69, 9.17) is 11.6 Å². The highest BCUT2D eigenvalue weighted by Gasteiger charge is 2.29.